The van der Waals surface area contributed by atoms with Crippen molar-refractivity contribution in [2.75, 3.05) is 11.9 Å². The van der Waals surface area contributed by atoms with Crippen molar-refractivity contribution in [2.24, 2.45) is 0 Å². The first-order chi connectivity index (χ1) is 11.5. The van der Waals surface area contributed by atoms with Crippen LogP contribution in [0.25, 0.3) is 0 Å². The molecule has 1 amide bonds. The van der Waals surface area contributed by atoms with E-state index in [1.165, 1.54) is 6.42 Å². The predicted molar refractivity (Wildman–Crippen MR) is 92.5 cm³/mol. The molecule has 0 saturated heterocycles. The molecule has 130 valence electrons. The predicted octanol–water partition coefficient (Wildman–Crippen LogP) is 2.69. The van der Waals surface area contributed by atoms with Crippen molar-refractivity contribution in [3.05, 3.63) is 23.8 Å². The van der Waals surface area contributed by atoms with Gasteiger partial charge in [0, 0.05) is 24.8 Å². The maximum atomic E-state index is 13.3. The zero-order valence-corrected chi connectivity index (χ0v) is 14.9. The van der Waals surface area contributed by atoms with Gasteiger partial charge in [0.25, 0.3) is 0 Å². The standard InChI is InChI=1S/C18H24N2O3S/c1-19-17-10-9-16(11-13(17)12-18(19)21)24(22,23)20(15-7-8-15)14-5-3-2-4-6-14/h9-11,14-15H,2-8,12H2,1H3. The zero-order chi connectivity index (χ0) is 16.9. The highest BCUT2D eigenvalue weighted by atomic mass is 32.2. The molecule has 1 aromatic rings. The van der Waals surface area contributed by atoms with Gasteiger partial charge in [-0.15, -0.1) is 0 Å². The van der Waals surface area contributed by atoms with Gasteiger partial charge in [-0.05, 0) is 49.4 Å². The van der Waals surface area contributed by atoms with Crippen LogP contribution in [0.5, 0.6) is 0 Å². The third kappa shape index (κ3) is 2.65. The summed E-state index contributed by atoms with van der Waals surface area (Å²) < 4.78 is 28.4. The Morgan fingerprint density at radius 2 is 1.71 bits per heavy atom. The molecule has 5 nitrogen and oxygen atoms in total. The Kier molecular flexibility index (Phi) is 3.92. The molecule has 0 aromatic heterocycles. The van der Waals surface area contributed by atoms with Crippen molar-refractivity contribution in [3.63, 3.8) is 0 Å². The van der Waals surface area contributed by atoms with Gasteiger partial charge in [0.2, 0.25) is 15.9 Å². The number of hydrogen-bond acceptors (Lipinski definition) is 3. The van der Waals surface area contributed by atoms with Crippen molar-refractivity contribution in [2.45, 2.75) is 68.3 Å². The largest absolute Gasteiger partial charge is 0.315 e. The molecule has 24 heavy (non-hydrogen) atoms. The highest BCUT2D eigenvalue weighted by Crippen LogP contribution is 2.39. The Labute approximate surface area is 143 Å². The van der Waals surface area contributed by atoms with Gasteiger partial charge >= 0.3 is 0 Å². The third-order valence-corrected chi connectivity index (χ3v) is 7.55. The number of hydrogen-bond donors (Lipinski definition) is 0. The van der Waals surface area contributed by atoms with E-state index in [1.54, 1.807) is 34.5 Å². The van der Waals surface area contributed by atoms with Crippen molar-refractivity contribution >= 4 is 21.6 Å². The van der Waals surface area contributed by atoms with Gasteiger partial charge in [0.1, 0.15) is 0 Å². The Morgan fingerprint density at radius 1 is 1.04 bits per heavy atom. The lowest BCUT2D eigenvalue weighted by Gasteiger charge is -2.33. The van der Waals surface area contributed by atoms with E-state index in [1.807, 2.05) is 0 Å². The summed E-state index contributed by atoms with van der Waals surface area (Å²) in [5, 5.41) is 0. The first kappa shape index (κ1) is 16.1. The van der Waals surface area contributed by atoms with Gasteiger partial charge in [-0.1, -0.05) is 19.3 Å². The molecule has 0 bridgehead atoms. The lowest BCUT2D eigenvalue weighted by atomic mass is 9.95. The van der Waals surface area contributed by atoms with Crippen LogP contribution in [0.3, 0.4) is 0 Å². The molecule has 1 aliphatic heterocycles. The highest BCUT2D eigenvalue weighted by molar-refractivity contribution is 7.89. The molecule has 0 N–H and O–H groups in total. The second kappa shape index (κ2) is 5.85. The minimum Gasteiger partial charge on any atom is -0.315 e. The molecule has 2 fully saturated rings. The number of anilines is 1. The lowest BCUT2D eigenvalue weighted by molar-refractivity contribution is -0.117. The molecule has 0 radical (unpaired) electrons. The number of carbonyl (C=O) groups is 1. The van der Waals surface area contributed by atoms with Crippen LogP contribution in [0.15, 0.2) is 23.1 Å². The topological polar surface area (TPSA) is 57.7 Å². The first-order valence-corrected chi connectivity index (χ1v) is 10.4. The molecule has 1 heterocycles. The molecule has 1 aromatic carbocycles. The van der Waals surface area contributed by atoms with E-state index in [4.69, 9.17) is 0 Å². The molecule has 4 rings (SSSR count). The molecule has 0 atom stereocenters. The van der Waals surface area contributed by atoms with E-state index in [0.29, 0.717) is 11.3 Å². The monoisotopic (exact) mass is 348 g/mol. The number of rotatable bonds is 4. The van der Waals surface area contributed by atoms with E-state index in [9.17, 15) is 13.2 Å². The van der Waals surface area contributed by atoms with Crippen LogP contribution in [-0.2, 0) is 21.2 Å². The number of amides is 1. The summed E-state index contributed by atoms with van der Waals surface area (Å²) in [6.07, 6.45) is 7.64. The Hall–Kier alpha value is -1.40. The summed E-state index contributed by atoms with van der Waals surface area (Å²) in [6.45, 7) is 0. The maximum Gasteiger partial charge on any atom is 0.243 e. The Morgan fingerprint density at radius 3 is 2.38 bits per heavy atom. The molecule has 0 unspecified atom stereocenters. The van der Waals surface area contributed by atoms with Crippen molar-refractivity contribution in [3.8, 4) is 0 Å². The van der Waals surface area contributed by atoms with Crippen LogP contribution in [0.2, 0.25) is 0 Å². The van der Waals surface area contributed by atoms with Gasteiger partial charge in [-0.3, -0.25) is 4.79 Å². The number of nitrogens with zero attached hydrogens (tertiary/aromatic N) is 2. The molecule has 2 aliphatic carbocycles. The van der Waals surface area contributed by atoms with Crippen molar-refractivity contribution < 1.29 is 13.2 Å². The number of fused-ring (bicyclic) bond motifs is 1. The van der Waals surface area contributed by atoms with Gasteiger partial charge in [-0.2, -0.15) is 4.31 Å². The summed E-state index contributed by atoms with van der Waals surface area (Å²) in [4.78, 5) is 13.8. The highest BCUT2D eigenvalue weighted by Gasteiger charge is 2.43. The van der Waals surface area contributed by atoms with Crippen molar-refractivity contribution in [1.29, 1.82) is 0 Å². The van der Waals surface area contributed by atoms with Crippen LogP contribution < -0.4 is 4.90 Å². The summed E-state index contributed by atoms with van der Waals surface area (Å²) >= 11 is 0. The van der Waals surface area contributed by atoms with E-state index < -0.39 is 10.0 Å². The van der Waals surface area contributed by atoms with Crippen molar-refractivity contribution in [1.82, 2.24) is 4.31 Å². The van der Waals surface area contributed by atoms with Crippen LogP contribution in [0.1, 0.15) is 50.5 Å². The number of benzene rings is 1. The van der Waals surface area contributed by atoms with Crippen LogP contribution in [-0.4, -0.2) is 37.8 Å². The van der Waals surface area contributed by atoms with Crippen LogP contribution in [0, 0.1) is 0 Å². The van der Waals surface area contributed by atoms with Crippen LogP contribution >= 0.6 is 0 Å². The van der Waals surface area contributed by atoms with E-state index in [-0.39, 0.29) is 18.0 Å². The molecule has 0 spiro atoms. The Bertz CT molecular complexity index is 764. The minimum atomic E-state index is -3.49. The van der Waals surface area contributed by atoms with Gasteiger partial charge in [0.05, 0.1) is 11.3 Å². The van der Waals surface area contributed by atoms with Gasteiger partial charge in [0.15, 0.2) is 0 Å². The second-order valence-electron chi connectivity index (χ2n) is 7.28. The fourth-order valence-electron chi connectivity index (χ4n) is 4.08. The lowest BCUT2D eigenvalue weighted by Crippen LogP contribution is -2.42. The molecule has 6 heteroatoms. The number of sulfonamides is 1. The average molecular weight is 348 g/mol. The van der Waals surface area contributed by atoms with E-state index in [2.05, 4.69) is 0 Å². The summed E-state index contributed by atoms with van der Waals surface area (Å²) in [5.41, 5.74) is 1.65. The second-order valence-corrected chi connectivity index (χ2v) is 9.12. The molecule has 2 saturated carbocycles. The molecular formula is C18H24N2O3S. The summed E-state index contributed by atoms with van der Waals surface area (Å²) in [6, 6.07) is 5.48. The first-order valence-electron chi connectivity index (χ1n) is 8.91. The normalized spacial score (nSPS) is 22.2. The number of likely N-dealkylation sites (N-methyl/N-ethyl adjacent to an activating group) is 1. The summed E-state index contributed by atoms with van der Waals surface area (Å²) in [5.74, 6) is 0.0193. The van der Waals surface area contributed by atoms with E-state index >= 15 is 0 Å². The fraction of sp³-hybridized carbons (Fsp3) is 0.611. The minimum absolute atomic E-state index is 0.0193. The average Bonchev–Trinajstić information content (AvgIpc) is 3.35. The van der Waals surface area contributed by atoms with Gasteiger partial charge < -0.3 is 4.90 Å². The van der Waals surface area contributed by atoms with Gasteiger partial charge in [-0.25, -0.2) is 8.42 Å². The third-order valence-electron chi connectivity index (χ3n) is 5.54. The zero-order valence-electron chi connectivity index (χ0n) is 14.1. The SMILES string of the molecule is CN1C(=O)Cc2cc(S(=O)(=O)N(C3CCCCC3)C3CC3)ccc21. The quantitative estimate of drug-likeness (QED) is 0.840. The maximum absolute atomic E-state index is 13.3. The molecular weight excluding hydrogens is 324 g/mol. The fourth-order valence-corrected chi connectivity index (χ4v) is 6.07. The number of carbonyl (C=O) groups excluding carboxylic acids is 1. The van der Waals surface area contributed by atoms with E-state index in [0.717, 1.165) is 49.8 Å². The smallest absolute Gasteiger partial charge is 0.243 e. The molecule has 3 aliphatic rings. The Balaban J connectivity index is 1.69. The summed E-state index contributed by atoms with van der Waals surface area (Å²) in [7, 11) is -1.75. The van der Waals surface area contributed by atoms with Crippen LogP contribution in [0.4, 0.5) is 5.69 Å².